The van der Waals surface area contributed by atoms with Gasteiger partial charge in [-0.15, -0.1) is 0 Å². The number of benzene rings is 1. The third-order valence-corrected chi connectivity index (χ3v) is 3.10. The topological polar surface area (TPSA) is 42.2 Å². The zero-order valence-electron chi connectivity index (χ0n) is 10.2. The second-order valence-electron chi connectivity index (χ2n) is 4.15. The van der Waals surface area contributed by atoms with Gasteiger partial charge in [0.2, 0.25) is 0 Å². The quantitative estimate of drug-likeness (QED) is 0.940. The minimum Gasteiger partial charge on any atom is -0.381 e. The summed E-state index contributed by atoms with van der Waals surface area (Å²) in [7, 11) is 1.67. The van der Waals surface area contributed by atoms with Crippen LogP contribution in [0.25, 0.3) is 0 Å². The Morgan fingerprint density at radius 3 is 2.68 bits per heavy atom. The minimum absolute atomic E-state index is 0.0267. The normalized spacial score (nSPS) is 10.5. The molecule has 19 heavy (non-hydrogen) atoms. The molecule has 0 aliphatic heterocycles. The lowest BCUT2D eigenvalue weighted by molar-refractivity contribution is 0.574. The van der Waals surface area contributed by atoms with Gasteiger partial charge in [0.05, 0.1) is 0 Å². The average molecular weight is 328 g/mol. The van der Waals surface area contributed by atoms with E-state index in [1.807, 2.05) is 24.3 Å². The standard InChI is InChI=1S/C13H12BrF2N3/c1-19(7-8-3-2-4-9(14)5-8)13-11(16)6-10(15)12(17)18-13/h2-6H,7H2,1H3,(H2,17,18). The Labute approximate surface area is 118 Å². The van der Waals surface area contributed by atoms with Crippen molar-refractivity contribution in [3.63, 3.8) is 0 Å². The number of aromatic nitrogens is 1. The number of hydrogen-bond donors (Lipinski definition) is 1. The summed E-state index contributed by atoms with van der Waals surface area (Å²) in [6.07, 6.45) is 0. The summed E-state index contributed by atoms with van der Waals surface area (Å²) in [5, 5.41) is 0. The number of rotatable bonds is 3. The molecule has 0 aliphatic rings. The van der Waals surface area contributed by atoms with Crippen molar-refractivity contribution in [2.45, 2.75) is 6.54 Å². The summed E-state index contributed by atoms with van der Waals surface area (Å²) in [6, 6.07) is 8.36. The molecule has 0 spiro atoms. The van der Waals surface area contributed by atoms with Gasteiger partial charge in [-0.3, -0.25) is 0 Å². The SMILES string of the molecule is CN(Cc1cccc(Br)c1)c1nc(N)c(F)cc1F. The van der Waals surface area contributed by atoms with Crippen molar-refractivity contribution < 1.29 is 8.78 Å². The molecule has 0 bridgehead atoms. The van der Waals surface area contributed by atoms with Gasteiger partial charge in [0.15, 0.2) is 23.3 Å². The van der Waals surface area contributed by atoms with Crippen LogP contribution < -0.4 is 10.6 Å². The van der Waals surface area contributed by atoms with E-state index >= 15 is 0 Å². The van der Waals surface area contributed by atoms with E-state index < -0.39 is 11.6 Å². The van der Waals surface area contributed by atoms with E-state index in [-0.39, 0.29) is 11.6 Å². The van der Waals surface area contributed by atoms with E-state index in [2.05, 4.69) is 20.9 Å². The van der Waals surface area contributed by atoms with E-state index in [9.17, 15) is 8.78 Å². The number of anilines is 2. The minimum atomic E-state index is -0.850. The van der Waals surface area contributed by atoms with Crippen molar-refractivity contribution in [2.75, 3.05) is 17.7 Å². The van der Waals surface area contributed by atoms with Crippen LogP contribution >= 0.6 is 15.9 Å². The van der Waals surface area contributed by atoms with Crippen molar-refractivity contribution >= 4 is 27.6 Å². The average Bonchev–Trinajstić information content (AvgIpc) is 2.33. The monoisotopic (exact) mass is 327 g/mol. The molecule has 0 saturated carbocycles. The van der Waals surface area contributed by atoms with Gasteiger partial charge in [-0.05, 0) is 17.7 Å². The Bertz CT molecular complexity index is 604. The highest BCUT2D eigenvalue weighted by atomic mass is 79.9. The lowest BCUT2D eigenvalue weighted by Crippen LogP contribution is -2.20. The molecule has 0 atom stereocenters. The fourth-order valence-corrected chi connectivity index (χ4v) is 2.17. The number of halogens is 3. The molecule has 1 aromatic carbocycles. The van der Waals surface area contributed by atoms with Crippen LogP contribution in [0, 0.1) is 11.6 Å². The number of nitrogens with zero attached hydrogens (tertiary/aromatic N) is 2. The van der Waals surface area contributed by atoms with Gasteiger partial charge in [-0.1, -0.05) is 28.1 Å². The molecule has 2 rings (SSSR count). The van der Waals surface area contributed by atoms with Gasteiger partial charge in [-0.25, -0.2) is 13.8 Å². The predicted molar refractivity (Wildman–Crippen MR) is 74.8 cm³/mol. The van der Waals surface area contributed by atoms with Crippen molar-refractivity contribution in [1.82, 2.24) is 4.98 Å². The molecule has 100 valence electrons. The number of nitrogen functional groups attached to an aromatic ring is 1. The molecule has 0 aliphatic carbocycles. The largest absolute Gasteiger partial charge is 0.381 e. The summed E-state index contributed by atoms with van der Waals surface area (Å²) in [6.45, 7) is 0.439. The molecule has 2 N–H and O–H groups in total. The molecule has 3 nitrogen and oxygen atoms in total. The zero-order valence-corrected chi connectivity index (χ0v) is 11.8. The first-order chi connectivity index (χ1) is 8.97. The predicted octanol–water partition coefficient (Wildman–Crippen LogP) is 3.34. The molecular weight excluding hydrogens is 316 g/mol. The fourth-order valence-electron chi connectivity index (χ4n) is 1.72. The van der Waals surface area contributed by atoms with Crippen LogP contribution in [0.2, 0.25) is 0 Å². The molecule has 0 amide bonds. The van der Waals surface area contributed by atoms with Crippen LogP contribution in [0.5, 0.6) is 0 Å². The van der Waals surface area contributed by atoms with Crippen molar-refractivity contribution in [1.29, 1.82) is 0 Å². The summed E-state index contributed by atoms with van der Waals surface area (Å²) in [5.41, 5.74) is 6.33. The third kappa shape index (κ3) is 3.20. The number of pyridine rings is 1. The molecule has 6 heteroatoms. The van der Waals surface area contributed by atoms with Gasteiger partial charge in [0.1, 0.15) is 0 Å². The molecule has 1 aromatic heterocycles. The van der Waals surface area contributed by atoms with Crippen LogP contribution in [0.3, 0.4) is 0 Å². The van der Waals surface area contributed by atoms with Crippen LogP contribution in [-0.4, -0.2) is 12.0 Å². The van der Waals surface area contributed by atoms with Gasteiger partial charge >= 0.3 is 0 Å². The van der Waals surface area contributed by atoms with E-state index in [4.69, 9.17) is 5.73 Å². The first-order valence-corrected chi connectivity index (χ1v) is 6.34. The summed E-state index contributed by atoms with van der Waals surface area (Å²) < 4.78 is 27.6. The highest BCUT2D eigenvalue weighted by molar-refractivity contribution is 9.10. The van der Waals surface area contributed by atoms with Crippen molar-refractivity contribution in [3.8, 4) is 0 Å². The molecule has 0 fully saturated rings. The van der Waals surface area contributed by atoms with Crippen LogP contribution in [-0.2, 0) is 6.54 Å². The van der Waals surface area contributed by atoms with Crippen LogP contribution in [0.4, 0.5) is 20.4 Å². The molecule has 2 aromatic rings. The van der Waals surface area contributed by atoms with Crippen molar-refractivity contribution in [2.24, 2.45) is 0 Å². The summed E-state index contributed by atoms with van der Waals surface area (Å²) in [4.78, 5) is 5.31. The maximum Gasteiger partial charge on any atom is 0.168 e. The Balaban J connectivity index is 2.25. The van der Waals surface area contributed by atoms with E-state index in [1.54, 1.807) is 11.9 Å². The van der Waals surface area contributed by atoms with Gasteiger partial charge < -0.3 is 10.6 Å². The van der Waals surface area contributed by atoms with Gasteiger partial charge in [-0.2, -0.15) is 0 Å². The third-order valence-electron chi connectivity index (χ3n) is 2.61. The highest BCUT2D eigenvalue weighted by Crippen LogP contribution is 2.22. The molecule has 0 saturated heterocycles. The molecule has 0 unspecified atom stereocenters. The summed E-state index contributed by atoms with van der Waals surface area (Å²) in [5.74, 6) is -1.86. The fraction of sp³-hybridized carbons (Fsp3) is 0.154. The lowest BCUT2D eigenvalue weighted by Gasteiger charge is -2.19. The Hall–Kier alpha value is -1.69. The van der Waals surface area contributed by atoms with Gasteiger partial charge in [0.25, 0.3) is 0 Å². The highest BCUT2D eigenvalue weighted by Gasteiger charge is 2.13. The first-order valence-electron chi connectivity index (χ1n) is 5.54. The van der Waals surface area contributed by atoms with E-state index in [1.165, 1.54) is 0 Å². The first kappa shape index (κ1) is 13.7. The Kier molecular flexibility index (Phi) is 3.99. The molecule has 0 radical (unpaired) electrons. The maximum atomic E-state index is 13.7. The molecule has 1 heterocycles. The second-order valence-corrected chi connectivity index (χ2v) is 5.06. The lowest BCUT2D eigenvalue weighted by atomic mass is 10.2. The number of hydrogen-bond acceptors (Lipinski definition) is 3. The zero-order chi connectivity index (χ0) is 14.0. The van der Waals surface area contributed by atoms with Crippen molar-refractivity contribution in [3.05, 3.63) is 52.0 Å². The molecular formula is C13H12BrF2N3. The van der Waals surface area contributed by atoms with Crippen LogP contribution in [0.15, 0.2) is 34.8 Å². The number of nitrogens with two attached hydrogens (primary N) is 1. The smallest absolute Gasteiger partial charge is 0.168 e. The second kappa shape index (κ2) is 5.52. The Morgan fingerprint density at radius 1 is 1.26 bits per heavy atom. The summed E-state index contributed by atoms with van der Waals surface area (Å²) >= 11 is 3.37. The maximum absolute atomic E-state index is 13.7. The van der Waals surface area contributed by atoms with E-state index in [0.29, 0.717) is 6.54 Å². The Morgan fingerprint density at radius 2 is 2.00 bits per heavy atom. The van der Waals surface area contributed by atoms with E-state index in [0.717, 1.165) is 16.1 Å². The van der Waals surface area contributed by atoms with Crippen LogP contribution in [0.1, 0.15) is 5.56 Å². The van der Waals surface area contributed by atoms with Gasteiger partial charge in [0, 0.05) is 24.1 Å².